The van der Waals surface area contributed by atoms with Gasteiger partial charge in [-0.2, -0.15) is 0 Å². The monoisotopic (exact) mass is 327 g/mol. The Bertz CT molecular complexity index is 727. The van der Waals surface area contributed by atoms with Gasteiger partial charge in [-0.15, -0.1) is 0 Å². The van der Waals surface area contributed by atoms with Gasteiger partial charge in [-0.1, -0.05) is 18.2 Å². The van der Waals surface area contributed by atoms with Crippen molar-refractivity contribution in [2.24, 2.45) is 0 Å². The largest absolute Gasteiger partial charge is 0.473 e. The fraction of sp³-hybridized carbons (Fsp3) is 0.316. The van der Waals surface area contributed by atoms with Crippen LogP contribution in [0.3, 0.4) is 0 Å². The molecule has 5 heteroatoms. The van der Waals surface area contributed by atoms with Gasteiger partial charge < -0.3 is 20.3 Å². The van der Waals surface area contributed by atoms with Gasteiger partial charge in [-0.3, -0.25) is 0 Å². The molecule has 0 saturated carbocycles. The molecule has 5 nitrogen and oxygen atoms in total. The highest BCUT2D eigenvalue weighted by atomic mass is 16.5. The van der Waals surface area contributed by atoms with Crippen molar-refractivity contribution in [3.63, 3.8) is 0 Å². The Morgan fingerprint density at radius 1 is 1.08 bits per heavy atom. The van der Waals surface area contributed by atoms with Gasteiger partial charge in [0.15, 0.2) is 6.73 Å². The van der Waals surface area contributed by atoms with E-state index in [1.54, 1.807) is 0 Å². The lowest BCUT2D eigenvalue weighted by atomic mass is 10.1. The first-order valence-electron chi connectivity index (χ1n) is 7.90. The van der Waals surface area contributed by atoms with Gasteiger partial charge in [-0.25, -0.2) is 4.79 Å². The highest BCUT2D eigenvalue weighted by molar-refractivity contribution is 5.89. The van der Waals surface area contributed by atoms with Crippen LogP contribution in [0.1, 0.15) is 16.7 Å². The molecule has 0 heterocycles. The first-order chi connectivity index (χ1) is 11.4. The summed E-state index contributed by atoms with van der Waals surface area (Å²) < 4.78 is 5.74. The number of carbonyl (C=O) groups is 1. The second-order valence-corrected chi connectivity index (χ2v) is 6.02. The molecule has 0 fully saturated rings. The van der Waals surface area contributed by atoms with Gasteiger partial charge in [0.05, 0.1) is 0 Å². The van der Waals surface area contributed by atoms with E-state index in [0.717, 1.165) is 28.3 Å². The lowest BCUT2D eigenvalue weighted by Gasteiger charge is -2.16. The topological polar surface area (TPSA) is 53.6 Å². The van der Waals surface area contributed by atoms with Crippen molar-refractivity contribution in [3.8, 4) is 5.75 Å². The number of ether oxygens (including phenoxy) is 1. The molecule has 0 atom stereocenters. The number of amides is 2. The summed E-state index contributed by atoms with van der Waals surface area (Å²) in [7, 11) is 3.92. The molecule has 0 spiro atoms. The van der Waals surface area contributed by atoms with E-state index in [0.29, 0.717) is 0 Å². The van der Waals surface area contributed by atoms with E-state index in [-0.39, 0.29) is 12.8 Å². The standard InChI is InChI=1S/C19H25N3O2/c1-13-9-10-14(2)18(15(13)3)24-12-20-19(23)21-16-7-6-8-17(11-16)22(4)5/h6-11H,12H2,1-5H3,(H2,20,21,23). The second kappa shape index (κ2) is 7.73. The zero-order valence-electron chi connectivity index (χ0n) is 14.9. The number of nitrogens with zero attached hydrogens (tertiary/aromatic N) is 1. The molecular weight excluding hydrogens is 302 g/mol. The minimum absolute atomic E-state index is 0.115. The molecule has 2 N–H and O–H groups in total. The quantitative estimate of drug-likeness (QED) is 0.821. The van der Waals surface area contributed by atoms with Crippen LogP contribution in [-0.4, -0.2) is 26.9 Å². The zero-order chi connectivity index (χ0) is 17.7. The summed E-state index contributed by atoms with van der Waals surface area (Å²) in [5, 5.41) is 5.52. The van der Waals surface area contributed by atoms with Crippen LogP contribution in [0.4, 0.5) is 16.2 Å². The van der Waals surface area contributed by atoms with Crippen LogP contribution in [0.2, 0.25) is 0 Å². The molecule has 0 aromatic heterocycles. The summed E-state index contributed by atoms with van der Waals surface area (Å²) in [4.78, 5) is 14.0. The number of anilines is 2. The third kappa shape index (κ3) is 4.41. The van der Waals surface area contributed by atoms with E-state index in [1.807, 2.05) is 70.1 Å². The summed E-state index contributed by atoms with van der Waals surface area (Å²) in [5.74, 6) is 0.824. The Labute approximate surface area is 143 Å². The molecule has 0 unspecified atom stereocenters. The van der Waals surface area contributed by atoms with Gasteiger partial charge in [0, 0.05) is 25.5 Å². The van der Waals surface area contributed by atoms with Crippen LogP contribution in [-0.2, 0) is 0 Å². The summed E-state index contributed by atoms with van der Waals surface area (Å²) >= 11 is 0. The first-order valence-corrected chi connectivity index (χ1v) is 7.90. The second-order valence-electron chi connectivity index (χ2n) is 6.02. The fourth-order valence-corrected chi connectivity index (χ4v) is 2.36. The molecule has 0 saturated heterocycles. The van der Waals surface area contributed by atoms with Crippen molar-refractivity contribution < 1.29 is 9.53 Å². The van der Waals surface area contributed by atoms with Crippen LogP contribution in [0, 0.1) is 20.8 Å². The van der Waals surface area contributed by atoms with E-state index in [1.165, 1.54) is 5.56 Å². The van der Waals surface area contributed by atoms with Gasteiger partial charge >= 0.3 is 6.03 Å². The van der Waals surface area contributed by atoms with Gasteiger partial charge in [0.2, 0.25) is 0 Å². The molecule has 0 aliphatic rings. The Kier molecular flexibility index (Phi) is 5.68. The number of benzene rings is 2. The van der Waals surface area contributed by atoms with Crippen molar-refractivity contribution in [2.75, 3.05) is 31.0 Å². The van der Waals surface area contributed by atoms with Crippen molar-refractivity contribution in [1.82, 2.24) is 5.32 Å². The third-order valence-electron chi connectivity index (χ3n) is 3.94. The summed E-state index contributed by atoms with van der Waals surface area (Å²) in [6, 6.07) is 11.4. The molecule has 0 bridgehead atoms. The maximum Gasteiger partial charge on any atom is 0.321 e. The minimum Gasteiger partial charge on any atom is -0.473 e. The highest BCUT2D eigenvalue weighted by Gasteiger charge is 2.07. The third-order valence-corrected chi connectivity index (χ3v) is 3.94. The molecule has 2 rings (SSSR count). The summed E-state index contributed by atoms with van der Waals surface area (Å²) in [6.07, 6.45) is 0. The average molecular weight is 327 g/mol. The van der Waals surface area contributed by atoms with Crippen LogP contribution in [0.25, 0.3) is 0 Å². The average Bonchev–Trinajstić information content (AvgIpc) is 2.54. The van der Waals surface area contributed by atoms with Crippen molar-refractivity contribution in [3.05, 3.63) is 53.1 Å². The fourth-order valence-electron chi connectivity index (χ4n) is 2.36. The molecule has 2 amide bonds. The normalized spacial score (nSPS) is 10.2. The number of urea groups is 1. The number of carbonyl (C=O) groups excluding carboxylic acids is 1. The van der Waals surface area contributed by atoms with E-state index in [2.05, 4.69) is 16.7 Å². The Balaban J connectivity index is 1.90. The first kappa shape index (κ1) is 17.7. The number of hydrogen-bond donors (Lipinski definition) is 2. The van der Waals surface area contributed by atoms with Gasteiger partial charge in [0.1, 0.15) is 5.75 Å². The maximum absolute atomic E-state index is 12.0. The summed E-state index contributed by atoms with van der Waals surface area (Å²) in [6.45, 7) is 6.17. The van der Waals surface area contributed by atoms with Crippen molar-refractivity contribution >= 4 is 17.4 Å². The maximum atomic E-state index is 12.0. The SMILES string of the molecule is Cc1ccc(C)c(OCNC(=O)Nc2cccc(N(C)C)c2)c1C. The van der Waals surface area contributed by atoms with Crippen LogP contribution in [0.15, 0.2) is 36.4 Å². The molecule has 0 aliphatic carbocycles. The van der Waals surface area contributed by atoms with Gasteiger partial charge in [0.25, 0.3) is 0 Å². The van der Waals surface area contributed by atoms with Crippen molar-refractivity contribution in [1.29, 1.82) is 0 Å². The number of hydrogen-bond acceptors (Lipinski definition) is 3. The lowest BCUT2D eigenvalue weighted by Crippen LogP contribution is -2.32. The van der Waals surface area contributed by atoms with E-state index < -0.39 is 0 Å². The Morgan fingerprint density at radius 3 is 2.50 bits per heavy atom. The van der Waals surface area contributed by atoms with E-state index in [4.69, 9.17) is 4.74 Å². The summed E-state index contributed by atoms with van der Waals surface area (Å²) in [5.41, 5.74) is 5.08. The van der Waals surface area contributed by atoms with E-state index in [9.17, 15) is 4.79 Å². The Morgan fingerprint density at radius 2 is 1.79 bits per heavy atom. The molecule has 24 heavy (non-hydrogen) atoms. The number of rotatable bonds is 5. The van der Waals surface area contributed by atoms with Crippen LogP contribution < -0.4 is 20.3 Å². The minimum atomic E-state index is -0.297. The molecule has 0 aliphatic heterocycles. The highest BCUT2D eigenvalue weighted by Crippen LogP contribution is 2.25. The molecule has 2 aromatic carbocycles. The lowest BCUT2D eigenvalue weighted by molar-refractivity contribution is 0.234. The predicted molar refractivity (Wildman–Crippen MR) is 99.1 cm³/mol. The van der Waals surface area contributed by atoms with Crippen LogP contribution >= 0.6 is 0 Å². The van der Waals surface area contributed by atoms with Crippen LogP contribution in [0.5, 0.6) is 5.75 Å². The number of nitrogens with one attached hydrogen (secondary N) is 2. The van der Waals surface area contributed by atoms with Gasteiger partial charge in [-0.05, 0) is 55.7 Å². The zero-order valence-corrected chi connectivity index (χ0v) is 14.9. The predicted octanol–water partition coefficient (Wildman–Crippen LogP) is 3.84. The van der Waals surface area contributed by atoms with E-state index >= 15 is 0 Å². The molecule has 2 aromatic rings. The smallest absolute Gasteiger partial charge is 0.321 e. The molecule has 0 radical (unpaired) electrons. The molecular formula is C19H25N3O2. The number of aryl methyl sites for hydroxylation is 2. The van der Waals surface area contributed by atoms with Crippen molar-refractivity contribution in [2.45, 2.75) is 20.8 Å². The molecule has 128 valence electrons. The Hall–Kier alpha value is -2.69.